The second-order valence-electron chi connectivity index (χ2n) is 7.65. The Kier molecular flexibility index (Phi) is 9.14. The zero-order chi connectivity index (χ0) is 22.3. The van der Waals surface area contributed by atoms with Crippen molar-refractivity contribution in [3.63, 3.8) is 0 Å². The first-order chi connectivity index (χ1) is 15.6. The van der Waals surface area contributed by atoms with Crippen molar-refractivity contribution in [3.05, 3.63) is 81.6 Å². The Bertz CT molecular complexity index is 1080. The molecule has 1 fully saturated rings. The normalized spacial score (nSPS) is 14.9. The summed E-state index contributed by atoms with van der Waals surface area (Å²) >= 11 is 6.28. The lowest BCUT2D eigenvalue weighted by Crippen LogP contribution is -2.44. The number of carbonyl (C=O) groups is 1. The molecule has 7 nitrogen and oxygen atoms in total. The van der Waals surface area contributed by atoms with Gasteiger partial charge in [-0.2, -0.15) is 4.74 Å². The summed E-state index contributed by atoms with van der Waals surface area (Å²) in [7, 11) is 0. The number of ether oxygens (including phenoxy) is 2. The molecule has 1 atom stereocenters. The van der Waals surface area contributed by atoms with Crippen molar-refractivity contribution in [2.24, 2.45) is 0 Å². The van der Waals surface area contributed by atoms with E-state index in [1.165, 1.54) is 4.74 Å². The fourth-order valence-electron chi connectivity index (χ4n) is 3.67. The molecule has 0 N–H and O–H groups in total. The third-order valence-electron chi connectivity index (χ3n) is 5.28. The van der Waals surface area contributed by atoms with E-state index in [4.69, 9.17) is 25.6 Å². The average Bonchev–Trinajstić information content (AvgIpc) is 3.09. The molecule has 1 aliphatic rings. The fraction of sp³-hybridized carbons (Fsp3) is 0.333. The van der Waals surface area contributed by atoms with Crippen molar-refractivity contribution in [1.82, 2.24) is 9.64 Å². The average molecular weight is 493 g/mol. The van der Waals surface area contributed by atoms with Crippen LogP contribution in [0.2, 0.25) is 5.02 Å². The number of hydrogen-bond donors (Lipinski definition) is 0. The van der Waals surface area contributed by atoms with E-state index in [1.54, 1.807) is 0 Å². The lowest BCUT2D eigenvalue weighted by molar-refractivity contribution is -0.151. The molecule has 4 rings (SSSR count). The molecule has 2 aromatic carbocycles. The first kappa shape index (κ1) is 25.1. The first-order valence-corrected chi connectivity index (χ1v) is 11.0. The number of hydrogen-bond acceptors (Lipinski definition) is 6. The molecule has 0 spiro atoms. The lowest BCUT2D eigenvalue weighted by atomic mass is 10.1. The van der Waals surface area contributed by atoms with Gasteiger partial charge < -0.3 is 14.0 Å². The van der Waals surface area contributed by atoms with Gasteiger partial charge in [-0.3, -0.25) is 14.5 Å². The summed E-state index contributed by atoms with van der Waals surface area (Å²) in [5.74, 6) is -0.0542. The molecule has 176 valence electrons. The number of nitrogens with zero attached hydrogens (tertiary/aromatic N) is 2. The van der Waals surface area contributed by atoms with Crippen molar-refractivity contribution in [2.45, 2.75) is 19.1 Å². The summed E-state index contributed by atoms with van der Waals surface area (Å²) in [6.45, 7) is 3.24. The van der Waals surface area contributed by atoms with Crippen LogP contribution in [-0.4, -0.2) is 54.6 Å². The van der Waals surface area contributed by atoms with Gasteiger partial charge in [-0.25, -0.2) is 0 Å². The second-order valence-corrected chi connectivity index (χ2v) is 8.03. The Morgan fingerprint density at radius 2 is 1.64 bits per heavy atom. The monoisotopic (exact) mass is 492 g/mol. The van der Waals surface area contributed by atoms with E-state index in [0.717, 1.165) is 18.7 Å². The van der Waals surface area contributed by atoms with Gasteiger partial charge in [-0.15, -0.1) is 12.4 Å². The maximum Gasteiger partial charge on any atom is 0.310 e. The van der Waals surface area contributed by atoms with Crippen molar-refractivity contribution < 1.29 is 18.8 Å². The lowest BCUT2D eigenvalue weighted by Gasteiger charge is -2.30. The molecule has 1 saturated heterocycles. The predicted octanol–water partition coefficient (Wildman–Crippen LogP) is 3.67. The van der Waals surface area contributed by atoms with Crippen LogP contribution in [-0.2, 0) is 27.2 Å². The molecule has 0 aliphatic carbocycles. The van der Waals surface area contributed by atoms with Crippen LogP contribution in [0.15, 0.2) is 70.0 Å². The highest BCUT2D eigenvalue weighted by Gasteiger charge is 2.25. The first-order valence-electron chi connectivity index (χ1n) is 10.6. The third-order valence-corrected chi connectivity index (χ3v) is 5.61. The van der Waals surface area contributed by atoms with E-state index in [2.05, 4.69) is 4.90 Å². The highest BCUT2D eigenvalue weighted by Crippen LogP contribution is 2.25. The number of carbonyl (C=O) groups excluding carboxylic acids is 1. The van der Waals surface area contributed by atoms with Crippen molar-refractivity contribution in [1.29, 1.82) is 0 Å². The van der Waals surface area contributed by atoms with Crippen LogP contribution in [0.5, 0.6) is 0 Å². The summed E-state index contributed by atoms with van der Waals surface area (Å²) in [5.41, 5.74) is 1.13. The largest absolute Gasteiger partial charge is 0.459 e. The topological polar surface area (TPSA) is 73.9 Å². The minimum Gasteiger partial charge on any atom is -0.459 e. The molecule has 1 aromatic heterocycles. The van der Waals surface area contributed by atoms with E-state index < -0.39 is 11.7 Å². The number of benzene rings is 2. The highest BCUT2D eigenvalue weighted by molar-refractivity contribution is 6.32. The SMILES string of the molecule is Cl.O=C(Cc1ccccc1)OC(CN1CCOCC1)Cn1oc(-c2ccccc2)c(Cl)c1=O. The Morgan fingerprint density at radius 1 is 1.00 bits per heavy atom. The molecule has 3 aromatic rings. The Labute approximate surface area is 203 Å². The van der Waals surface area contributed by atoms with Gasteiger partial charge in [0, 0.05) is 25.2 Å². The van der Waals surface area contributed by atoms with Gasteiger partial charge >= 0.3 is 11.5 Å². The summed E-state index contributed by atoms with van der Waals surface area (Å²) in [6, 6.07) is 18.6. The highest BCUT2D eigenvalue weighted by atomic mass is 35.5. The van der Waals surface area contributed by atoms with Gasteiger partial charge in [0.25, 0.3) is 0 Å². The minimum absolute atomic E-state index is 0. The molecule has 2 heterocycles. The molecule has 0 saturated carbocycles. The summed E-state index contributed by atoms with van der Waals surface area (Å²) in [5, 5.41) is 0.0111. The number of esters is 1. The molecule has 1 unspecified atom stereocenters. The Hall–Kier alpha value is -2.58. The minimum atomic E-state index is -0.576. The number of halogens is 2. The molecular formula is C24H26Cl2N2O5. The van der Waals surface area contributed by atoms with Gasteiger partial charge in [0.05, 0.1) is 26.2 Å². The molecule has 0 radical (unpaired) electrons. The number of aromatic nitrogens is 1. The van der Waals surface area contributed by atoms with Crippen molar-refractivity contribution >= 4 is 30.0 Å². The smallest absolute Gasteiger partial charge is 0.310 e. The summed E-state index contributed by atoms with van der Waals surface area (Å²) in [6.07, 6.45) is -0.420. The predicted molar refractivity (Wildman–Crippen MR) is 128 cm³/mol. The zero-order valence-electron chi connectivity index (χ0n) is 18.0. The van der Waals surface area contributed by atoms with Crippen LogP contribution < -0.4 is 5.56 Å². The van der Waals surface area contributed by atoms with Crippen LogP contribution in [0.3, 0.4) is 0 Å². The van der Waals surface area contributed by atoms with Crippen LogP contribution >= 0.6 is 24.0 Å². The number of rotatable bonds is 8. The number of morpholine rings is 1. The van der Waals surface area contributed by atoms with E-state index in [1.807, 2.05) is 60.7 Å². The van der Waals surface area contributed by atoms with E-state index in [0.29, 0.717) is 31.1 Å². The summed E-state index contributed by atoms with van der Waals surface area (Å²) < 4.78 is 18.2. The molecule has 0 bridgehead atoms. The molecular weight excluding hydrogens is 467 g/mol. The van der Waals surface area contributed by atoms with Crippen LogP contribution in [0.4, 0.5) is 0 Å². The molecule has 0 amide bonds. The van der Waals surface area contributed by atoms with Crippen molar-refractivity contribution in [3.8, 4) is 11.3 Å². The van der Waals surface area contributed by atoms with Gasteiger partial charge in [-0.05, 0) is 5.56 Å². The Balaban J connectivity index is 0.00000306. The maximum absolute atomic E-state index is 12.7. The van der Waals surface area contributed by atoms with Gasteiger partial charge in [-0.1, -0.05) is 72.3 Å². The van der Waals surface area contributed by atoms with Crippen molar-refractivity contribution in [2.75, 3.05) is 32.8 Å². The quantitative estimate of drug-likeness (QED) is 0.446. The van der Waals surface area contributed by atoms with E-state index in [9.17, 15) is 9.59 Å². The Morgan fingerprint density at radius 3 is 2.30 bits per heavy atom. The maximum atomic E-state index is 12.7. The summed E-state index contributed by atoms with van der Waals surface area (Å²) in [4.78, 5) is 27.5. The second kappa shape index (κ2) is 12.0. The van der Waals surface area contributed by atoms with Crippen LogP contribution in [0.1, 0.15) is 5.56 Å². The fourth-order valence-corrected chi connectivity index (χ4v) is 3.90. The standard InChI is InChI=1S/C24H25ClN2O5.ClH/c25-22-23(19-9-5-2-6-10-19)32-27(24(22)29)17-20(16-26-11-13-30-14-12-26)31-21(28)15-18-7-3-1-4-8-18;/h1-10,20H,11-17H2;1H. The zero-order valence-corrected chi connectivity index (χ0v) is 19.6. The third kappa shape index (κ3) is 6.71. The van der Waals surface area contributed by atoms with E-state index >= 15 is 0 Å². The van der Waals surface area contributed by atoms with Crippen LogP contribution in [0.25, 0.3) is 11.3 Å². The molecule has 33 heavy (non-hydrogen) atoms. The molecule has 9 heteroatoms. The van der Waals surface area contributed by atoms with Gasteiger partial charge in [0.1, 0.15) is 6.10 Å². The van der Waals surface area contributed by atoms with E-state index in [-0.39, 0.29) is 36.4 Å². The van der Waals surface area contributed by atoms with Gasteiger partial charge in [0.15, 0.2) is 10.8 Å². The molecule has 1 aliphatic heterocycles. The van der Waals surface area contributed by atoms with Crippen LogP contribution in [0, 0.1) is 0 Å². The van der Waals surface area contributed by atoms with Gasteiger partial charge in [0.2, 0.25) is 0 Å².